The van der Waals surface area contributed by atoms with Crippen LogP contribution in [0.1, 0.15) is 20.8 Å². The van der Waals surface area contributed by atoms with Gasteiger partial charge in [-0.2, -0.15) is 0 Å². The summed E-state index contributed by atoms with van der Waals surface area (Å²) in [7, 11) is 1.75. The fourth-order valence-electron chi connectivity index (χ4n) is 1.82. The molecule has 0 radical (unpaired) electrons. The molecule has 5 heteroatoms. The van der Waals surface area contributed by atoms with E-state index in [-0.39, 0.29) is 12.5 Å². The minimum Gasteiger partial charge on any atom is -0.384 e. The van der Waals surface area contributed by atoms with Crippen LogP contribution in [0.4, 0.5) is 0 Å². The second-order valence-electron chi connectivity index (χ2n) is 4.41. The first kappa shape index (κ1) is 15.6. The van der Waals surface area contributed by atoms with Gasteiger partial charge in [-0.1, -0.05) is 35.6 Å². The number of benzene rings is 1. The van der Waals surface area contributed by atoms with Gasteiger partial charge in [-0.3, -0.25) is 4.79 Å². The second kappa shape index (κ2) is 7.28. The molecule has 0 aliphatic rings. The molecule has 0 atom stereocenters. The Hall–Kier alpha value is -1.80. The monoisotopic (exact) mass is 319 g/mol. The Morgan fingerprint density at radius 3 is 2.71 bits per heavy atom. The molecule has 108 valence electrons. The summed E-state index contributed by atoms with van der Waals surface area (Å²) in [5, 5.41) is 11.2. The van der Waals surface area contributed by atoms with E-state index in [9.17, 15) is 4.79 Å². The molecule has 0 fully saturated rings. The molecule has 0 aliphatic carbocycles. The predicted octanol–water partition coefficient (Wildman–Crippen LogP) is 3.02. The number of aliphatic hydroxyl groups is 1. The maximum atomic E-state index is 12.4. The molecular formula is C16H14ClNO2S. The van der Waals surface area contributed by atoms with Gasteiger partial charge < -0.3 is 10.0 Å². The van der Waals surface area contributed by atoms with Gasteiger partial charge in [0, 0.05) is 24.2 Å². The highest BCUT2D eigenvalue weighted by Gasteiger charge is 2.16. The Bertz CT molecular complexity index is 682. The quantitative estimate of drug-likeness (QED) is 0.883. The topological polar surface area (TPSA) is 40.5 Å². The van der Waals surface area contributed by atoms with Gasteiger partial charge >= 0.3 is 0 Å². The normalized spacial score (nSPS) is 9.86. The maximum absolute atomic E-state index is 12.4. The first-order valence-electron chi connectivity index (χ1n) is 6.29. The van der Waals surface area contributed by atoms with Crippen molar-refractivity contribution in [3.05, 3.63) is 56.7 Å². The van der Waals surface area contributed by atoms with Gasteiger partial charge in [-0.25, -0.2) is 0 Å². The first-order valence-corrected chi connectivity index (χ1v) is 7.54. The number of rotatable bonds is 3. The average molecular weight is 320 g/mol. The van der Waals surface area contributed by atoms with Crippen molar-refractivity contribution in [2.45, 2.75) is 6.54 Å². The highest BCUT2D eigenvalue weighted by molar-refractivity contribution is 7.12. The summed E-state index contributed by atoms with van der Waals surface area (Å²) < 4.78 is 0. The SMILES string of the molecule is CN(Cc1ccc(Cl)cc1)C(=O)c1sccc1C#CCO. The Morgan fingerprint density at radius 2 is 2.05 bits per heavy atom. The highest BCUT2D eigenvalue weighted by atomic mass is 35.5. The summed E-state index contributed by atoms with van der Waals surface area (Å²) >= 11 is 7.20. The third-order valence-electron chi connectivity index (χ3n) is 2.84. The van der Waals surface area contributed by atoms with Crippen molar-refractivity contribution in [3.8, 4) is 11.8 Å². The second-order valence-corrected chi connectivity index (χ2v) is 5.76. The summed E-state index contributed by atoms with van der Waals surface area (Å²) in [6, 6.07) is 9.19. The molecule has 1 heterocycles. The smallest absolute Gasteiger partial charge is 0.265 e. The molecule has 2 rings (SSSR count). The van der Waals surface area contributed by atoms with E-state index in [0.29, 0.717) is 22.0 Å². The van der Waals surface area contributed by atoms with Crippen LogP contribution in [0.3, 0.4) is 0 Å². The number of halogens is 1. The molecule has 0 saturated carbocycles. The lowest BCUT2D eigenvalue weighted by Crippen LogP contribution is -2.26. The van der Waals surface area contributed by atoms with Crippen molar-refractivity contribution in [1.29, 1.82) is 0 Å². The van der Waals surface area contributed by atoms with Gasteiger partial charge in [0.25, 0.3) is 5.91 Å². The van der Waals surface area contributed by atoms with Crippen molar-refractivity contribution in [2.24, 2.45) is 0 Å². The summed E-state index contributed by atoms with van der Waals surface area (Å²) in [4.78, 5) is 14.7. The Kier molecular flexibility index (Phi) is 5.40. The molecular weight excluding hydrogens is 306 g/mol. The molecule has 1 aromatic heterocycles. The number of carbonyl (C=O) groups is 1. The van der Waals surface area contributed by atoms with Crippen LogP contribution in [-0.4, -0.2) is 29.6 Å². The minimum atomic E-state index is -0.218. The number of carbonyl (C=O) groups excluding carboxylic acids is 1. The van der Waals surface area contributed by atoms with Crippen LogP contribution in [0.2, 0.25) is 5.02 Å². The minimum absolute atomic E-state index is 0.0813. The third kappa shape index (κ3) is 4.08. The van der Waals surface area contributed by atoms with Crippen molar-refractivity contribution < 1.29 is 9.90 Å². The molecule has 3 nitrogen and oxygen atoms in total. The average Bonchev–Trinajstić information content (AvgIpc) is 2.95. The van der Waals surface area contributed by atoms with Gasteiger partial charge in [0.05, 0.1) is 0 Å². The van der Waals surface area contributed by atoms with E-state index in [1.165, 1.54) is 11.3 Å². The van der Waals surface area contributed by atoms with E-state index in [4.69, 9.17) is 16.7 Å². The van der Waals surface area contributed by atoms with Gasteiger partial charge in [-0.15, -0.1) is 11.3 Å². The van der Waals surface area contributed by atoms with Crippen molar-refractivity contribution in [2.75, 3.05) is 13.7 Å². The van der Waals surface area contributed by atoms with Crippen molar-refractivity contribution in [3.63, 3.8) is 0 Å². The van der Waals surface area contributed by atoms with Crippen LogP contribution < -0.4 is 0 Å². The molecule has 0 bridgehead atoms. The lowest BCUT2D eigenvalue weighted by Gasteiger charge is -2.16. The molecule has 1 aromatic carbocycles. The number of hydrogen-bond acceptors (Lipinski definition) is 3. The number of aliphatic hydroxyl groups excluding tert-OH is 1. The number of amides is 1. The number of hydrogen-bond donors (Lipinski definition) is 1. The molecule has 1 N–H and O–H groups in total. The molecule has 0 unspecified atom stereocenters. The molecule has 0 saturated heterocycles. The van der Waals surface area contributed by atoms with Crippen LogP contribution in [0, 0.1) is 11.8 Å². The fraction of sp³-hybridized carbons (Fsp3) is 0.188. The Labute approximate surface area is 132 Å². The maximum Gasteiger partial charge on any atom is 0.265 e. The van der Waals surface area contributed by atoms with E-state index >= 15 is 0 Å². The number of nitrogens with zero attached hydrogens (tertiary/aromatic N) is 1. The van der Waals surface area contributed by atoms with Crippen LogP contribution in [0.5, 0.6) is 0 Å². The first-order chi connectivity index (χ1) is 10.1. The molecule has 1 amide bonds. The van der Waals surface area contributed by atoms with Crippen molar-refractivity contribution in [1.82, 2.24) is 4.90 Å². The standard InChI is InChI=1S/C16H14ClNO2S/c1-18(11-12-4-6-14(17)7-5-12)16(20)15-13(3-2-9-19)8-10-21-15/h4-8,10,19H,9,11H2,1H3. The molecule has 0 aliphatic heterocycles. The van der Waals surface area contributed by atoms with E-state index in [1.807, 2.05) is 17.5 Å². The van der Waals surface area contributed by atoms with E-state index < -0.39 is 0 Å². The largest absolute Gasteiger partial charge is 0.384 e. The highest BCUT2D eigenvalue weighted by Crippen LogP contribution is 2.19. The van der Waals surface area contributed by atoms with Gasteiger partial charge in [-0.05, 0) is 29.1 Å². The van der Waals surface area contributed by atoms with Crippen LogP contribution in [0.25, 0.3) is 0 Å². The Morgan fingerprint density at radius 1 is 1.33 bits per heavy atom. The lowest BCUT2D eigenvalue weighted by molar-refractivity contribution is 0.0789. The molecule has 2 aromatic rings. The molecule has 21 heavy (non-hydrogen) atoms. The number of thiophene rings is 1. The van der Waals surface area contributed by atoms with Gasteiger partial charge in [0.15, 0.2) is 0 Å². The van der Waals surface area contributed by atoms with E-state index in [0.717, 1.165) is 5.56 Å². The Balaban J connectivity index is 2.12. The third-order valence-corrected chi connectivity index (χ3v) is 4.00. The summed E-state index contributed by atoms with van der Waals surface area (Å²) in [6.45, 7) is 0.283. The van der Waals surface area contributed by atoms with Gasteiger partial charge in [0.2, 0.25) is 0 Å². The van der Waals surface area contributed by atoms with E-state index in [1.54, 1.807) is 30.1 Å². The van der Waals surface area contributed by atoms with Gasteiger partial charge in [0.1, 0.15) is 11.5 Å². The van der Waals surface area contributed by atoms with Crippen LogP contribution in [0.15, 0.2) is 35.7 Å². The zero-order valence-corrected chi connectivity index (χ0v) is 13.0. The predicted molar refractivity (Wildman–Crippen MR) is 85.5 cm³/mol. The summed E-state index contributed by atoms with van der Waals surface area (Å²) in [6.07, 6.45) is 0. The zero-order chi connectivity index (χ0) is 15.2. The van der Waals surface area contributed by atoms with E-state index in [2.05, 4.69) is 11.8 Å². The van der Waals surface area contributed by atoms with Crippen LogP contribution in [-0.2, 0) is 6.54 Å². The fourth-order valence-corrected chi connectivity index (χ4v) is 2.79. The van der Waals surface area contributed by atoms with Crippen molar-refractivity contribution >= 4 is 28.8 Å². The van der Waals surface area contributed by atoms with Crippen LogP contribution >= 0.6 is 22.9 Å². The molecule has 0 spiro atoms. The zero-order valence-electron chi connectivity index (χ0n) is 11.5. The summed E-state index contributed by atoms with van der Waals surface area (Å²) in [5.74, 6) is 5.28. The lowest BCUT2D eigenvalue weighted by atomic mass is 10.2. The summed E-state index contributed by atoms with van der Waals surface area (Å²) in [5.41, 5.74) is 1.66.